The van der Waals surface area contributed by atoms with Crippen LogP contribution >= 0.6 is 0 Å². The van der Waals surface area contributed by atoms with E-state index in [4.69, 9.17) is 0 Å². The molecule has 0 spiro atoms. The predicted molar refractivity (Wildman–Crippen MR) is 69.5 cm³/mol. The molecule has 0 aliphatic rings. The quantitative estimate of drug-likeness (QED) is 0.384. The zero-order valence-electron chi connectivity index (χ0n) is 12.2. The summed E-state index contributed by atoms with van der Waals surface area (Å²) in [6, 6.07) is 2.45. The number of carbonyl (C=O) groups is 1. The van der Waals surface area contributed by atoms with Gasteiger partial charge in [-0.25, -0.2) is 13.6 Å². The first-order valence-corrected chi connectivity index (χ1v) is 6.51. The third kappa shape index (κ3) is 4.61. The van der Waals surface area contributed by atoms with E-state index in [2.05, 4.69) is 9.47 Å². The van der Waals surface area contributed by atoms with Crippen molar-refractivity contribution in [2.75, 3.05) is 0 Å². The van der Waals surface area contributed by atoms with Crippen molar-refractivity contribution in [2.24, 2.45) is 0 Å². The highest BCUT2D eigenvalue weighted by Crippen LogP contribution is 2.35. The van der Waals surface area contributed by atoms with E-state index in [9.17, 15) is 39.9 Å². The van der Waals surface area contributed by atoms with Crippen molar-refractivity contribution in [1.29, 1.82) is 0 Å². The third-order valence-corrected chi connectivity index (χ3v) is 2.89. The lowest BCUT2D eigenvalue weighted by Gasteiger charge is -2.11. The Hall–Kier alpha value is -2.85. The van der Waals surface area contributed by atoms with Crippen LogP contribution in [0.15, 0.2) is 36.4 Å². The van der Waals surface area contributed by atoms with Gasteiger partial charge in [0, 0.05) is 0 Å². The minimum Gasteiger partial charge on any atom is -0.395 e. The summed E-state index contributed by atoms with van der Waals surface area (Å²) in [6.07, 6.45) is -11.8. The number of alkyl halides is 6. The second-order valence-electron chi connectivity index (χ2n) is 4.73. The molecule has 3 nitrogen and oxygen atoms in total. The maximum absolute atomic E-state index is 13.1. The van der Waals surface area contributed by atoms with Crippen molar-refractivity contribution < 1.29 is 49.4 Å². The molecule has 140 valence electrons. The maximum Gasteiger partial charge on any atom is 0.519 e. The molecule has 0 atom stereocenters. The summed E-state index contributed by atoms with van der Waals surface area (Å²) < 4.78 is 110. The molecular formula is C15H6F8O3. The van der Waals surface area contributed by atoms with Gasteiger partial charge >= 0.3 is 18.5 Å². The summed E-state index contributed by atoms with van der Waals surface area (Å²) in [5.41, 5.74) is -3.44. The van der Waals surface area contributed by atoms with E-state index in [1.807, 2.05) is 0 Å². The molecule has 0 fully saturated rings. The Morgan fingerprint density at radius 2 is 1.04 bits per heavy atom. The van der Waals surface area contributed by atoms with Crippen LogP contribution < -0.4 is 9.47 Å². The van der Waals surface area contributed by atoms with Crippen LogP contribution in [-0.4, -0.2) is 6.16 Å². The Kier molecular flexibility index (Phi) is 5.10. The Balaban J connectivity index is 2.18. The predicted octanol–water partition coefficient (Wildman–Crippen LogP) is 5.58. The normalized spacial score (nSPS) is 12.0. The van der Waals surface area contributed by atoms with E-state index in [1.165, 1.54) is 0 Å². The van der Waals surface area contributed by atoms with Crippen LogP contribution in [0.1, 0.15) is 11.1 Å². The van der Waals surface area contributed by atoms with E-state index < -0.39 is 52.8 Å². The fraction of sp³-hybridized carbons (Fsp3) is 0.133. The highest BCUT2D eigenvalue weighted by atomic mass is 19.4. The number of hydrogen-bond donors (Lipinski definition) is 0. The van der Waals surface area contributed by atoms with E-state index in [0.717, 1.165) is 0 Å². The Morgan fingerprint density at radius 1 is 0.692 bits per heavy atom. The zero-order chi connectivity index (χ0) is 19.7. The van der Waals surface area contributed by atoms with Crippen LogP contribution in [-0.2, 0) is 12.4 Å². The zero-order valence-corrected chi connectivity index (χ0v) is 12.2. The maximum atomic E-state index is 13.1. The summed E-state index contributed by atoms with van der Waals surface area (Å²) in [4.78, 5) is 11.5. The number of rotatable bonds is 2. The summed E-state index contributed by atoms with van der Waals surface area (Å²) in [6.45, 7) is 0. The monoisotopic (exact) mass is 386 g/mol. The minimum absolute atomic E-state index is 0.169. The molecule has 2 aromatic rings. The molecule has 0 bridgehead atoms. The first-order chi connectivity index (χ1) is 11.9. The second kappa shape index (κ2) is 6.81. The molecule has 0 unspecified atom stereocenters. The van der Waals surface area contributed by atoms with Gasteiger partial charge in [-0.05, 0) is 36.4 Å². The summed E-state index contributed by atoms with van der Waals surface area (Å²) in [5.74, 6) is -4.76. The second-order valence-corrected chi connectivity index (χ2v) is 4.73. The van der Waals surface area contributed by atoms with Crippen LogP contribution in [0.25, 0.3) is 0 Å². The van der Waals surface area contributed by atoms with Crippen LogP contribution in [0.2, 0.25) is 0 Å². The number of halogens is 8. The molecule has 26 heavy (non-hydrogen) atoms. The summed E-state index contributed by atoms with van der Waals surface area (Å²) >= 11 is 0. The van der Waals surface area contributed by atoms with Crippen molar-refractivity contribution in [3.05, 3.63) is 59.2 Å². The SMILES string of the molecule is O=C(Oc1ccc(F)c(C(F)(F)F)c1)Oc1ccc(F)c(C(F)(F)F)c1. The van der Waals surface area contributed by atoms with Gasteiger partial charge in [0.2, 0.25) is 0 Å². The lowest BCUT2D eigenvalue weighted by atomic mass is 10.2. The van der Waals surface area contributed by atoms with Gasteiger partial charge in [0.05, 0.1) is 11.1 Å². The lowest BCUT2D eigenvalue weighted by molar-refractivity contribution is -0.140. The number of hydrogen-bond acceptors (Lipinski definition) is 3. The Morgan fingerprint density at radius 3 is 1.35 bits per heavy atom. The molecule has 0 saturated heterocycles. The van der Waals surface area contributed by atoms with Gasteiger partial charge in [0.15, 0.2) is 0 Å². The molecule has 11 heteroatoms. The van der Waals surface area contributed by atoms with Crippen molar-refractivity contribution >= 4 is 6.16 Å². The van der Waals surface area contributed by atoms with Gasteiger partial charge in [-0.1, -0.05) is 0 Å². The van der Waals surface area contributed by atoms with Gasteiger partial charge in [0.1, 0.15) is 23.1 Å². The molecule has 2 aromatic carbocycles. The largest absolute Gasteiger partial charge is 0.519 e. The molecule has 2 rings (SSSR count). The van der Waals surface area contributed by atoms with E-state index in [1.54, 1.807) is 0 Å². The Bertz CT molecular complexity index is 759. The van der Waals surface area contributed by atoms with Crippen LogP contribution in [0.5, 0.6) is 11.5 Å². The van der Waals surface area contributed by atoms with Gasteiger partial charge in [-0.2, -0.15) is 26.3 Å². The average molecular weight is 386 g/mol. The fourth-order valence-corrected chi connectivity index (χ4v) is 1.78. The number of ether oxygens (including phenoxy) is 2. The van der Waals surface area contributed by atoms with E-state index in [0.29, 0.717) is 24.3 Å². The van der Waals surface area contributed by atoms with Gasteiger partial charge < -0.3 is 9.47 Å². The summed E-state index contributed by atoms with van der Waals surface area (Å²) in [7, 11) is 0. The van der Waals surface area contributed by atoms with Gasteiger partial charge in [-0.15, -0.1) is 0 Å². The summed E-state index contributed by atoms with van der Waals surface area (Å²) in [5, 5.41) is 0. The number of carbonyl (C=O) groups excluding carboxylic acids is 1. The van der Waals surface area contributed by atoms with Gasteiger partial charge in [0.25, 0.3) is 0 Å². The molecule has 0 amide bonds. The van der Waals surface area contributed by atoms with E-state index in [-0.39, 0.29) is 12.1 Å². The fourth-order valence-electron chi connectivity index (χ4n) is 1.78. The molecular weight excluding hydrogens is 380 g/mol. The first-order valence-electron chi connectivity index (χ1n) is 6.51. The minimum atomic E-state index is -5.06. The molecule has 0 saturated carbocycles. The van der Waals surface area contributed by atoms with Crippen molar-refractivity contribution in [1.82, 2.24) is 0 Å². The molecule has 0 N–H and O–H groups in total. The van der Waals surface area contributed by atoms with Crippen molar-refractivity contribution in [3.63, 3.8) is 0 Å². The smallest absolute Gasteiger partial charge is 0.395 e. The molecule has 0 aliphatic heterocycles. The highest BCUT2D eigenvalue weighted by molar-refractivity contribution is 5.67. The van der Waals surface area contributed by atoms with Crippen molar-refractivity contribution in [3.8, 4) is 11.5 Å². The van der Waals surface area contributed by atoms with Crippen molar-refractivity contribution in [2.45, 2.75) is 12.4 Å². The highest BCUT2D eigenvalue weighted by Gasteiger charge is 2.35. The van der Waals surface area contributed by atoms with Crippen LogP contribution in [0, 0.1) is 11.6 Å². The van der Waals surface area contributed by atoms with Crippen LogP contribution in [0.4, 0.5) is 39.9 Å². The molecule has 0 aromatic heterocycles. The lowest BCUT2D eigenvalue weighted by Crippen LogP contribution is -2.16. The first kappa shape index (κ1) is 19.5. The number of benzene rings is 2. The van der Waals surface area contributed by atoms with Crippen LogP contribution in [0.3, 0.4) is 0 Å². The Labute approximate surface area is 139 Å². The molecule has 0 heterocycles. The third-order valence-electron chi connectivity index (χ3n) is 2.89. The molecule has 0 radical (unpaired) electrons. The van der Waals surface area contributed by atoms with E-state index >= 15 is 0 Å². The average Bonchev–Trinajstić information content (AvgIpc) is 2.49. The molecule has 0 aliphatic carbocycles. The van der Waals surface area contributed by atoms with Gasteiger partial charge in [-0.3, -0.25) is 0 Å². The topological polar surface area (TPSA) is 35.5 Å². The standard InChI is InChI=1S/C15H6F8O3/c16-11-3-1-7(5-9(11)14(18,19)20)25-13(24)26-8-2-4-12(17)10(6-8)15(21,22)23/h1-6H.